The number of hydrogen-bond acceptors (Lipinski definition) is 8. The van der Waals surface area contributed by atoms with Gasteiger partial charge in [-0.1, -0.05) is 29.5 Å². The van der Waals surface area contributed by atoms with Crippen LogP contribution < -0.4 is 15.1 Å². The summed E-state index contributed by atoms with van der Waals surface area (Å²) in [5.74, 6) is 0.266. The van der Waals surface area contributed by atoms with Crippen molar-refractivity contribution in [2.24, 2.45) is 0 Å². The van der Waals surface area contributed by atoms with Gasteiger partial charge >= 0.3 is 0 Å². The zero-order valence-corrected chi connectivity index (χ0v) is 20.4. The number of para-hydroxylation sites is 2. The number of carbonyl (C=O) groups excluding carboxylic acids is 1. The maximum absolute atomic E-state index is 13.7. The highest BCUT2D eigenvalue weighted by Crippen LogP contribution is 2.35. The van der Waals surface area contributed by atoms with Crippen molar-refractivity contribution < 1.29 is 18.7 Å². The molecule has 1 saturated heterocycles. The van der Waals surface area contributed by atoms with Gasteiger partial charge in [0.05, 0.1) is 29.9 Å². The Morgan fingerprint density at radius 1 is 1.17 bits per heavy atom. The van der Waals surface area contributed by atoms with Gasteiger partial charge in [0.1, 0.15) is 28.7 Å². The number of anilines is 1. The van der Waals surface area contributed by atoms with E-state index in [4.69, 9.17) is 18.9 Å². The molecule has 35 heavy (non-hydrogen) atoms. The number of benzene rings is 2. The van der Waals surface area contributed by atoms with Crippen LogP contribution in [0.4, 0.5) is 5.13 Å². The van der Waals surface area contributed by atoms with E-state index in [1.807, 2.05) is 25.1 Å². The van der Waals surface area contributed by atoms with Crippen LogP contribution in [0.5, 0.6) is 5.75 Å². The molecule has 0 radical (unpaired) electrons. The molecule has 0 bridgehead atoms. The van der Waals surface area contributed by atoms with Crippen LogP contribution in [0.25, 0.3) is 21.2 Å². The van der Waals surface area contributed by atoms with Crippen molar-refractivity contribution in [3.63, 3.8) is 0 Å². The van der Waals surface area contributed by atoms with Crippen molar-refractivity contribution >= 4 is 43.6 Å². The minimum absolute atomic E-state index is 0.000592. The minimum atomic E-state index is -0.413. The Morgan fingerprint density at radius 2 is 2.00 bits per heavy atom. The second-order valence-corrected chi connectivity index (χ2v) is 9.28. The molecule has 182 valence electrons. The smallest absolute Gasteiger partial charge is 0.267 e. The maximum atomic E-state index is 13.7. The predicted octanol–water partition coefficient (Wildman–Crippen LogP) is 4.17. The van der Waals surface area contributed by atoms with Gasteiger partial charge < -0.3 is 13.9 Å². The third kappa shape index (κ3) is 4.93. The molecule has 9 heteroatoms. The normalized spacial score (nSPS) is 14.4. The van der Waals surface area contributed by atoms with Crippen LogP contribution in [0, 0.1) is 0 Å². The summed E-state index contributed by atoms with van der Waals surface area (Å²) in [6.07, 6.45) is 2.00. The number of morpholine rings is 1. The molecule has 5 rings (SSSR count). The molecule has 1 aliphatic heterocycles. The fourth-order valence-corrected chi connectivity index (χ4v) is 5.24. The molecule has 0 unspecified atom stereocenters. The summed E-state index contributed by atoms with van der Waals surface area (Å²) in [6.45, 7) is 6.89. The monoisotopic (exact) mass is 493 g/mol. The van der Waals surface area contributed by atoms with Gasteiger partial charge in [-0.2, -0.15) is 0 Å². The molecule has 3 heterocycles. The van der Waals surface area contributed by atoms with E-state index in [0.717, 1.165) is 44.0 Å². The fraction of sp³-hybridized carbons (Fsp3) is 0.346. The predicted molar refractivity (Wildman–Crippen MR) is 137 cm³/mol. The third-order valence-electron chi connectivity index (χ3n) is 6.02. The van der Waals surface area contributed by atoms with E-state index in [1.54, 1.807) is 29.2 Å². The number of rotatable bonds is 8. The standard InChI is InChI=1S/C26H27N3O5S/c1-2-33-21-9-5-10-22-23(21)27-26(35-22)29(12-6-11-28-13-15-32-16-14-28)25(31)19-17-34-20-8-4-3-7-18(20)24(19)30/h3-5,7-10,17H,2,6,11-16H2,1H3. The van der Waals surface area contributed by atoms with Gasteiger partial charge in [0, 0.05) is 26.2 Å². The highest BCUT2D eigenvalue weighted by atomic mass is 32.1. The van der Waals surface area contributed by atoms with Crippen LogP contribution in [0.2, 0.25) is 0 Å². The second-order valence-electron chi connectivity index (χ2n) is 8.27. The van der Waals surface area contributed by atoms with Gasteiger partial charge in [-0.25, -0.2) is 4.98 Å². The zero-order valence-electron chi connectivity index (χ0n) is 19.6. The lowest BCUT2D eigenvalue weighted by Crippen LogP contribution is -2.40. The summed E-state index contributed by atoms with van der Waals surface area (Å²) in [5, 5.41) is 0.918. The lowest BCUT2D eigenvalue weighted by Gasteiger charge is -2.27. The SMILES string of the molecule is CCOc1cccc2sc(N(CCCN3CCOCC3)C(=O)c3coc4ccccc4c3=O)nc12. The Kier molecular flexibility index (Phi) is 7.08. The molecule has 2 aromatic heterocycles. The van der Waals surface area contributed by atoms with Crippen LogP contribution in [-0.2, 0) is 4.74 Å². The summed E-state index contributed by atoms with van der Waals surface area (Å²) in [7, 11) is 0. The van der Waals surface area contributed by atoms with E-state index in [-0.39, 0.29) is 11.0 Å². The van der Waals surface area contributed by atoms with Gasteiger partial charge in [0.25, 0.3) is 5.91 Å². The zero-order chi connectivity index (χ0) is 24.2. The van der Waals surface area contributed by atoms with E-state index < -0.39 is 5.91 Å². The number of aromatic nitrogens is 1. The van der Waals surface area contributed by atoms with E-state index >= 15 is 0 Å². The molecule has 1 aliphatic rings. The molecule has 0 spiro atoms. The van der Waals surface area contributed by atoms with Crippen molar-refractivity contribution in [2.75, 3.05) is 50.9 Å². The molecular weight excluding hydrogens is 466 g/mol. The van der Waals surface area contributed by atoms with Crippen molar-refractivity contribution in [3.05, 3.63) is 64.5 Å². The largest absolute Gasteiger partial charge is 0.492 e. The summed E-state index contributed by atoms with van der Waals surface area (Å²) < 4.78 is 17.7. The molecule has 0 N–H and O–H groups in total. The molecule has 0 aliphatic carbocycles. The first-order valence-corrected chi connectivity index (χ1v) is 12.6. The van der Waals surface area contributed by atoms with Crippen molar-refractivity contribution in [1.82, 2.24) is 9.88 Å². The summed E-state index contributed by atoms with van der Waals surface area (Å²) >= 11 is 1.41. The van der Waals surface area contributed by atoms with Crippen LogP contribution in [0.1, 0.15) is 23.7 Å². The van der Waals surface area contributed by atoms with Gasteiger partial charge in [0.15, 0.2) is 5.13 Å². The molecule has 1 amide bonds. The van der Waals surface area contributed by atoms with Crippen LogP contribution in [0.15, 0.2) is 57.9 Å². The Bertz CT molecular complexity index is 1390. The summed E-state index contributed by atoms with van der Waals surface area (Å²) in [5.41, 5.74) is 0.825. The summed E-state index contributed by atoms with van der Waals surface area (Å²) in [4.78, 5) is 35.6. The Hall–Kier alpha value is -3.27. The lowest BCUT2D eigenvalue weighted by atomic mass is 10.1. The first kappa shape index (κ1) is 23.5. The number of ether oxygens (including phenoxy) is 2. The molecule has 8 nitrogen and oxygen atoms in total. The highest BCUT2D eigenvalue weighted by Gasteiger charge is 2.26. The van der Waals surface area contributed by atoms with E-state index in [0.29, 0.717) is 40.5 Å². The van der Waals surface area contributed by atoms with Crippen LogP contribution >= 0.6 is 11.3 Å². The Morgan fingerprint density at radius 3 is 2.83 bits per heavy atom. The number of nitrogens with zero attached hydrogens (tertiary/aromatic N) is 3. The number of thiazole rings is 1. The van der Waals surface area contributed by atoms with E-state index in [2.05, 4.69) is 4.90 Å². The third-order valence-corrected chi connectivity index (χ3v) is 7.06. The van der Waals surface area contributed by atoms with E-state index in [1.165, 1.54) is 17.6 Å². The molecule has 0 atom stereocenters. The van der Waals surface area contributed by atoms with Crippen molar-refractivity contribution in [3.8, 4) is 5.75 Å². The Labute approximate surface area is 206 Å². The minimum Gasteiger partial charge on any atom is -0.492 e. The molecule has 0 saturated carbocycles. The number of hydrogen-bond donors (Lipinski definition) is 0. The quantitative estimate of drug-likeness (QED) is 0.364. The summed E-state index contributed by atoms with van der Waals surface area (Å²) in [6, 6.07) is 12.7. The number of amides is 1. The highest BCUT2D eigenvalue weighted by molar-refractivity contribution is 7.22. The van der Waals surface area contributed by atoms with Crippen molar-refractivity contribution in [1.29, 1.82) is 0 Å². The van der Waals surface area contributed by atoms with Gasteiger partial charge in [-0.05, 0) is 37.6 Å². The lowest BCUT2D eigenvalue weighted by molar-refractivity contribution is 0.0376. The number of carbonyl (C=O) groups is 1. The molecule has 2 aromatic carbocycles. The van der Waals surface area contributed by atoms with Gasteiger partial charge in [-0.15, -0.1) is 0 Å². The maximum Gasteiger partial charge on any atom is 0.267 e. The first-order valence-electron chi connectivity index (χ1n) is 11.8. The molecule has 1 fully saturated rings. The Balaban J connectivity index is 1.49. The van der Waals surface area contributed by atoms with E-state index in [9.17, 15) is 9.59 Å². The fourth-order valence-electron chi connectivity index (χ4n) is 4.23. The second kappa shape index (κ2) is 10.6. The molecular formula is C26H27N3O5S. The van der Waals surface area contributed by atoms with Crippen molar-refractivity contribution in [2.45, 2.75) is 13.3 Å². The average molecular weight is 494 g/mol. The topological polar surface area (TPSA) is 85.1 Å². The van der Waals surface area contributed by atoms with Crippen LogP contribution in [-0.4, -0.2) is 61.8 Å². The van der Waals surface area contributed by atoms with Crippen LogP contribution in [0.3, 0.4) is 0 Å². The first-order chi connectivity index (χ1) is 17.2. The van der Waals surface area contributed by atoms with Gasteiger partial charge in [0.2, 0.25) is 5.43 Å². The number of fused-ring (bicyclic) bond motifs is 2. The molecule has 4 aromatic rings. The van der Waals surface area contributed by atoms with Gasteiger partial charge in [-0.3, -0.25) is 19.4 Å². The average Bonchev–Trinajstić information content (AvgIpc) is 3.32.